The molecule has 2 rings (SSSR count). The Labute approximate surface area is 152 Å². The maximum absolute atomic E-state index is 13.3. The van der Waals surface area contributed by atoms with Gasteiger partial charge in [0.1, 0.15) is 11.4 Å². The van der Waals surface area contributed by atoms with E-state index in [-0.39, 0.29) is 18.0 Å². The Hall–Kier alpha value is -1.14. The molecule has 1 aromatic carbocycles. The Balaban J connectivity index is 1.85. The Morgan fingerprint density at radius 2 is 2.08 bits per heavy atom. The highest BCUT2D eigenvalue weighted by atomic mass is 79.9. The van der Waals surface area contributed by atoms with E-state index in [2.05, 4.69) is 27.8 Å². The van der Waals surface area contributed by atoms with Crippen molar-refractivity contribution in [2.24, 2.45) is 0 Å². The van der Waals surface area contributed by atoms with Crippen molar-refractivity contribution in [2.45, 2.75) is 45.8 Å². The van der Waals surface area contributed by atoms with Gasteiger partial charge in [-0.15, -0.1) is 0 Å². The molecule has 1 atom stereocenters. The summed E-state index contributed by atoms with van der Waals surface area (Å²) in [4.78, 5) is 16.3. The van der Waals surface area contributed by atoms with Crippen molar-refractivity contribution >= 4 is 22.0 Å². The van der Waals surface area contributed by atoms with Crippen LogP contribution in [0.15, 0.2) is 22.7 Å². The molecule has 134 valence electrons. The molecule has 0 saturated carbocycles. The number of nitrogens with zero attached hydrogens (tertiary/aromatic N) is 2. The van der Waals surface area contributed by atoms with Crippen molar-refractivity contribution in [3.8, 4) is 0 Å². The number of amides is 1. The SMILES string of the molecule is C[C@H]1CN(C(=O)OC(C)(C)C)CCN1CCc1ccc(F)c(Br)c1. The number of carbonyl (C=O) groups excluding carboxylic acids is 1. The summed E-state index contributed by atoms with van der Waals surface area (Å²) in [5.74, 6) is -0.238. The molecule has 24 heavy (non-hydrogen) atoms. The van der Waals surface area contributed by atoms with Gasteiger partial charge in [-0.25, -0.2) is 9.18 Å². The van der Waals surface area contributed by atoms with Gasteiger partial charge in [-0.2, -0.15) is 0 Å². The summed E-state index contributed by atoms with van der Waals surface area (Å²) >= 11 is 3.22. The zero-order valence-electron chi connectivity index (χ0n) is 14.8. The van der Waals surface area contributed by atoms with E-state index in [1.54, 1.807) is 4.90 Å². The first kappa shape index (κ1) is 19.2. The quantitative estimate of drug-likeness (QED) is 0.766. The van der Waals surface area contributed by atoms with Crippen LogP contribution in [-0.4, -0.2) is 53.7 Å². The first-order valence-electron chi connectivity index (χ1n) is 8.31. The fourth-order valence-electron chi connectivity index (χ4n) is 2.79. The molecular weight excluding hydrogens is 375 g/mol. The van der Waals surface area contributed by atoms with Crippen molar-refractivity contribution in [3.05, 3.63) is 34.1 Å². The lowest BCUT2D eigenvalue weighted by molar-refractivity contribution is 0.00598. The lowest BCUT2D eigenvalue weighted by Gasteiger charge is -2.40. The van der Waals surface area contributed by atoms with Gasteiger partial charge in [-0.05, 0) is 67.7 Å². The fraction of sp³-hybridized carbons (Fsp3) is 0.611. The minimum Gasteiger partial charge on any atom is -0.444 e. The number of hydrogen-bond acceptors (Lipinski definition) is 3. The lowest BCUT2D eigenvalue weighted by atomic mass is 10.1. The Morgan fingerprint density at radius 1 is 1.38 bits per heavy atom. The summed E-state index contributed by atoms with van der Waals surface area (Å²) in [6.45, 7) is 10.8. The van der Waals surface area contributed by atoms with Crippen LogP contribution in [0.25, 0.3) is 0 Å². The van der Waals surface area contributed by atoms with Gasteiger partial charge in [-0.1, -0.05) is 6.07 Å². The third-order valence-electron chi connectivity index (χ3n) is 4.09. The molecule has 6 heteroatoms. The molecular formula is C18H26BrFN2O2. The van der Waals surface area contributed by atoms with Crippen LogP contribution < -0.4 is 0 Å². The van der Waals surface area contributed by atoms with E-state index in [1.807, 2.05) is 32.9 Å². The molecule has 1 fully saturated rings. The van der Waals surface area contributed by atoms with E-state index >= 15 is 0 Å². The lowest BCUT2D eigenvalue weighted by Crippen LogP contribution is -2.54. The molecule has 4 nitrogen and oxygen atoms in total. The number of carbonyl (C=O) groups is 1. The summed E-state index contributed by atoms with van der Waals surface area (Å²) in [6.07, 6.45) is 0.617. The standard InChI is InChI=1S/C18H26BrFN2O2/c1-13-12-22(17(23)24-18(2,3)4)10-9-21(13)8-7-14-5-6-16(20)15(19)11-14/h5-6,11,13H,7-10,12H2,1-4H3/t13-/m0/s1. The summed E-state index contributed by atoms with van der Waals surface area (Å²) in [7, 11) is 0. The van der Waals surface area contributed by atoms with E-state index < -0.39 is 5.60 Å². The van der Waals surface area contributed by atoms with Gasteiger partial charge in [0, 0.05) is 32.2 Å². The predicted molar refractivity (Wildman–Crippen MR) is 96.6 cm³/mol. The van der Waals surface area contributed by atoms with Gasteiger partial charge >= 0.3 is 6.09 Å². The Bertz CT molecular complexity index is 589. The first-order valence-corrected chi connectivity index (χ1v) is 9.11. The second-order valence-electron chi connectivity index (χ2n) is 7.31. The summed E-state index contributed by atoms with van der Waals surface area (Å²) in [5, 5.41) is 0. The van der Waals surface area contributed by atoms with E-state index in [1.165, 1.54) is 6.07 Å². The average molecular weight is 401 g/mol. The van der Waals surface area contributed by atoms with Crippen LogP contribution in [0.5, 0.6) is 0 Å². The molecule has 1 amide bonds. The third-order valence-corrected chi connectivity index (χ3v) is 4.70. The molecule has 1 aromatic rings. The van der Waals surface area contributed by atoms with E-state index in [0.29, 0.717) is 17.6 Å². The number of hydrogen-bond donors (Lipinski definition) is 0. The average Bonchev–Trinajstić information content (AvgIpc) is 2.47. The van der Waals surface area contributed by atoms with Gasteiger partial charge in [-0.3, -0.25) is 4.90 Å². The second-order valence-corrected chi connectivity index (χ2v) is 8.16. The smallest absolute Gasteiger partial charge is 0.410 e. The molecule has 1 saturated heterocycles. The number of benzene rings is 1. The third kappa shape index (κ3) is 5.45. The molecule has 1 aliphatic rings. The van der Waals surface area contributed by atoms with Gasteiger partial charge in [0.2, 0.25) is 0 Å². The Morgan fingerprint density at radius 3 is 2.67 bits per heavy atom. The van der Waals surface area contributed by atoms with Crippen LogP contribution in [0.4, 0.5) is 9.18 Å². The van der Waals surface area contributed by atoms with Gasteiger partial charge in [0.05, 0.1) is 4.47 Å². The normalized spacial score (nSPS) is 19.4. The minimum atomic E-state index is -0.465. The topological polar surface area (TPSA) is 32.8 Å². The molecule has 0 radical (unpaired) electrons. The molecule has 0 aromatic heterocycles. The maximum Gasteiger partial charge on any atom is 0.410 e. The second kappa shape index (κ2) is 7.83. The van der Waals surface area contributed by atoms with Crippen molar-refractivity contribution < 1.29 is 13.9 Å². The van der Waals surface area contributed by atoms with Crippen LogP contribution in [0.3, 0.4) is 0 Å². The number of halogens is 2. The first-order chi connectivity index (χ1) is 11.2. The van der Waals surface area contributed by atoms with E-state index in [9.17, 15) is 9.18 Å². The molecule has 1 heterocycles. The summed E-state index contributed by atoms with van der Waals surface area (Å²) in [5.41, 5.74) is 0.637. The molecule has 0 bridgehead atoms. The zero-order valence-corrected chi connectivity index (χ0v) is 16.4. The highest BCUT2D eigenvalue weighted by molar-refractivity contribution is 9.10. The number of rotatable bonds is 3. The van der Waals surface area contributed by atoms with Crippen molar-refractivity contribution in [3.63, 3.8) is 0 Å². The van der Waals surface area contributed by atoms with Crippen LogP contribution in [0.2, 0.25) is 0 Å². The van der Waals surface area contributed by atoms with Crippen LogP contribution >= 0.6 is 15.9 Å². The highest BCUT2D eigenvalue weighted by Crippen LogP contribution is 2.19. The monoisotopic (exact) mass is 400 g/mol. The number of ether oxygens (including phenoxy) is 1. The van der Waals surface area contributed by atoms with Crippen molar-refractivity contribution in [2.75, 3.05) is 26.2 Å². The molecule has 1 aliphatic heterocycles. The maximum atomic E-state index is 13.3. The fourth-order valence-corrected chi connectivity index (χ4v) is 3.21. The highest BCUT2D eigenvalue weighted by Gasteiger charge is 2.29. The van der Waals surface area contributed by atoms with Gasteiger partial charge < -0.3 is 9.64 Å². The molecule has 0 spiro atoms. The van der Waals surface area contributed by atoms with Gasteiger partial charge in [0.25, 0.3) is 0 Å². The van der Waals surface area contributed by atoms with E-state index in [4.69, 9.17) is 4.74 Å². The summed E-state index contributed by atoms with van der Waals surface area (Å²) in [6, 6.07) is 5.41. The van der Waals surface area contributed by atoms with E-state index in [0.717, 1.165) is 25.1 Å². The molecule has 0 aliphatic carbocycles. The van der Waals surface area contributed by atoms with Gasteiger partial charge in [0.15, 0.2) is 0 Å². The van der Waals surface area contributed by atoms with Crippen LogP contribution in [-0.2, 0) is 11.2 Å². The van der Waals surface area contributed by atoms with Crippen molar-refractivity contribution in [1.29, 1.82) is 0 Å². The number of piperazine rings is 1. The minimum absolute atomic E-state index is 0.238. The van der Waals surface area contributed by atoms with Crippen molar-refractivity contribution in [1.82, 2.24) is 9.80 Å². The van der Waals surface area contributed by atoms with Crippen LogP contribution in [0, 0.1) is 5.82 Å². The zero-order chi connectivity index (χ0) is 17.9. The van der Waals surface area contributed by atoms with Crippen LogP contribution in [0.1, 0.15) is 33.3 Å². The Kier molecular flexibility index (Phi) is 6.26. The predicted octanol–water partition coefficient (Wildman–Crippen LogP) is 4.07. The molecule has 0 N–H and O–H groups in total. The molecule has 0 unspecified atom stereocenters. The summed E-state index contributed by atoms with van der Waals surface area (Å²) < 4.78 is 19.2. The largest absolute Gasteiger partial charge is 0.444 e.